The second-order valence-electron chi connectivity index (χ2n) is 16.7. The van der Waals surface area contributed by atoms with Crippen molar-refractivity contribution in [1.82, 2.24) is 0 Å². The molecule has 0 aromatic heterocycles. The summed E-state index contributed by atoms with van der Waals surface area (Å²) in [6.07, 6.45) is 0. The Morgan fingerprint density at radius 2 is 0.754 bits per heavy atom. The molecule has 0 radical (unpaired) electrons. The van der Waals surface area contributed by atoms with Crippen molar-refractivity contribution in [3.8, 4) is 11.5 Å². The maximum absolute atomic E-state index is 6.98. The van der Waals surface area contributed by atoms with Crippen molar-refractivity contribution in [3.63, 3.8) is 0 Å². The summed E-state index contributed by atoms with van der Waals surface area (Å²) >= 11 is 0. The smallest absolute Gasteiger partial charge is 0.252 e. The van der Waals surface area contributed by atoms with Gasteiger partial charge in [-0.3, -0.25) is 0 Å². The molecule has 0 aliphatic carbocycles. The predicted molar refractivity (Wildman–Crippen MR) is 257 cm³/mol. The van der Waals surface area contributed by atoms with E-state index in [0.29, 0.717) is 0 Å². The number of ether oxygens (including phenoxy) is 1. The van der Waals surface area contributed by atoms with Gasteiger partial charge >= 0.3 is 0 Å². The van der Waals surface area contributed by atoms with Crippen molar-refractivity contribution >= 4 is 120 Å². The molecule has 9 aromatic rings. The summed E-state index contributed by atoms with van der Waals surface area (Å²) in [4.78, 5) is 7.63. The lowest BCUT2D eigenvalue weighted by Gasteiger charge is -2.51. The van der Waals surface area contributed by atoms with Gasteiger partial charge in [-0.2, -0.15) is 0 Å². The lowest BCUT2D eigenvalue weighted by Crippen LogP contribution is -2.69. The van der Waals surface area contributed by atoms with Crippen LogP contribution in [0.1, 0.15) is 0 Å². The van der Waals surface area contributed by atoms with Gasteiger partial charge in [0.2, 0.25) is 0 Å². The van der Waals surface area contributed by atoms with Gasteiger partial charge in [0.15, 0.2) is 0 Å². The van der Waals surface area contributed by atoms with E-state index in [1.165, 1.54) is 83.3 Å². The average Bonchev–Trinajstić information content (AvgIpc) is 3.33. The number of para-hydroxylation sites is 6. The highest BCUT2D eigenvalue weighted by Crippen LogP contribution is 2.50. The van der Waals surface area contributed by atoms with Gasteiger partial charge < -0.3 is 19.4 Å². The van der Waals surface area contributed by atoms with Crippen molar-refractivity contribution in [3.05, 3.63) is 206 Å². The number of rotatable bonds is 3. The fourth-order valence-corrected chi connectivity index (χ4v) is 11.4. The van der Waals surface area contributed by atoms with Gasteiger partial charge in [-0.05, 0) is 98.3 Å². The van der Waals surface area contributed by atoms with E-state index in [1.54, 1.807) is 0 Å². The summed E-state index contributed by atoms with van der Waals surface area (Å²) in [6, 6.07) is 76.0. The number of hydrogen-bond acceptors (Lipinski definition) is 4. The molecule has 0 bridgehead atoms. The van der Waals surface area contributed by atoms with Gasteiger partial charge in [0, 0.05) is 57.3 Å². The van der Waals surface area contributed by atoms with Crippen molar-refractivity contribution in [2.75, 3.05) is 14.7 Å². The minimum atomic E-state index is -0.0372. The summed E-state index contributed by atoms with van der Waals surface area (Å²) in [5.41, 5.74) is 22.4. The largest absolute Gasteiger partial charge is 0.458 e. The van der Waals surface area contributed by atoms with Crippen molar-refractivity contribution in [1.29, 1.82) is 0 Å². The first-order valence-corrected chi connectivity index (χ1v) is 21.3. The zero-order chi connectivity index (χ0) is 39.8. The molecule has 0 spiro atoms. The third-order valence-electron chi connectivity index (χ3n) is 13.7. The first-order chi connectivity index (χ1) is 30.3. The first kappa shape index (κ1) is 33.2. The molecule has 0 N–H and O–H groups in total. The molecule has 4 nitrogen and oxygen atoms in total. The molecule has 0 unspecified atom stereocenters. The molecule has 14 rings (SSSR count). The highest BCUT2D eigenvalue weighted by molar-refractivity contribution is 7.05. The third kappa shape index (κ3) is 4.47. The van der Waals surface area contributed by atoms with E-state index >= 15 is 0 Å². The van der Waals surface area contributed by atoms with Gasteiger partial charge in [-0.1, -0.05) is 151 Å². The molecule has 0 atom stereocenters. The Morgan fingerprint density at radius 1 is 0.295 bits per heavy atom. The number of anilines is 9. The van der Waals surface area contributed by atoms with Crippen LogP contribution in [0.25, 0.3) is 0 Å². The van der Waals surface area contributed by atoms with Gasteiger partial charge in [-0.15, -0.1) is 0 Å². The molecule has 0 saturated heterocycles. The van der Waals surface area contributed by atoms with Crippen LogP contribution in [0.2, 0.25) is 0 Å². The van der Waals surface area contributed by atoms with Crippen LogP contribution in [0.3, 0.4) is 0 Å². The van der Waals surface area contributed by atoms with Crippen LogP contribution in [0.15, 0.2) is 206 Å². The molecule has 280 valence electrons. The third-order valence-corrected chi connectivity index (χ3v) is 13.7. The zero-order valence-electron chi connectivity index (χ0n) is 33.1. The minimum Gasteiger partial charge on any atom is -0.458 e. The second kappa shape index (κ2) is 12.4. The normalized spacial score (nSPS) is 14.2. The topological polar surface area (TPSA) is 19.0 Å². The summed E-state index contributed by atoms with van der Waals surface area (Å²) in [5, 5.41) is 0. The first-order valence-electron chi connectivity index (χ1n) is 21.3. The van der Waals surface area contributed by atoms with Crippen molar-refractivity contribution in [2.24, 2.45) is 0 Å². The molecule has 5 aliphatic heterocycles. The lowest BCUT2D eigenvalue weighted by atomic mass is 9.28. The van der Waals surface area contributed by atoms with E-state index in [-0.39, 0.29) is 20.1 Å². The molecular formula is C54H34B3N3O. The fourth-order valence-electron chi connectivity index (χ4n) is 11.4. The van der Waals surface area contributed by atoms with E-state index in [4.69, 9.17) is 4.74 Å². The molecule has 0 amide bonds. The number of benzene rings is 9. The van der Waals surface area contributed by atoms with Crippen LogP contribution in [0, 0.1) is 0 Å². The summed E-state index contributed by atoms with van der Waals surface area (Å²) in [5.74, 6) is 1.81. The van der Waals surface area contributed by atoms with E-state index in [2.05, 4.69) is 221 Å². The van der Waals surface area contributed by atoms with E-state index < -0.39 is 0 Å². The number of fused-ring (bicyclic) bond motifs is 12. The van der Waals surface area contributed by atoms with Crippen LogP contribution in [0.5, 0.6) is 11.5 Å². The second-order valence-corrected chi connectivity index (χ2v) is 16.7. The Bertz CT molecular complexity index is 3280. The molecule has 0 saturated carbocycles. The molecule has 0 fully saturated rings. The van der Waals surface area contributed by atoms with E-state index in [9.17, 15) is 0 Å². The highest BCUT2D eigenvalue weighted by Gasteiger charge is 2.52. The molecule has 9 aromatic carbocycles. The lowest BCUT2D eigenvalue weighted by molar-refractivity contribution is 0.488. The van der Waals surface area contributed by atoms with Gasteiger partial charge in [0.25, 0.3) is 20.1 Å². The summed E-state index contributed by atoms with van der Waals surface area (Å²) in [6.45, 7) is 0.0274. The quantitative estimate of drug-likeness (QED) is 0.180. The SMILES string of the molecule is c1ccc(B2c3ccccc3Oc3cc4c(cc32)B2c3ccccc3N3c5ccccc5B5c6ccccc6N(c6ccccc6)c6cc(c2c3c65)N4c2ccccc2)cc1. The fraction of sp³-hybridized carbons (Fsp3) is 0. The van der Waals surface area contributed by atoms with Crippen LogP contribution in [0.4, 0.5) is 51.2 Å². The van der Waals surface area contributed by atoms with Crippen LogP contribution >= 0.6 is 0 Å². The predicted octanol–water partition coefficient (Wildman–Crippen LogP) is 7.00. The molecule has 5 heterocycles. The van der Waals surface area contributed by atoms with Crippen LogP contribution in [-0.2, 0) is 0 Å². The standard InChI is InChI=1S/C54H34B3N3O/c1-4-18-35(19-5-1)55-41-27-13-17-31-50(41)61-51-34-47-42(32-43(51)55)57-40-26-12-16-30-46(40)60-45-29-15-11-25-39(45)56-38-24-10-14-28-44(38)58(36-20-6-2-7-21-36)48-33-49(53(57)54(60)52(48)56)59(47)37-22-8-3-9-23-37/h1-34H. The monoisotopic (exact) mass is 773 g/mol. The molecule has 5 aliphatic rings. The van der Waals surface area contributed by atoms with Crippen molar-refractivity contribution in [2.45, 2.75) is 0 Å². The van der Waals surface area contributed by atoms with E-state index in [1.807, 2.05) is 0 Å². The molecule has 7 heteroatoms. The van der Waals surface area contributed by atoms with Crippen molar-refractivity contribution < 1.29 is 4.74 Å². The Kier molecular flexibility index (Phi) is 6.78. The Hall–Kier alpha value is -7.63. The van der Waals surface area contributed by atoms with Gasteiger partial charge in [-0.25, -0.2) is 0 Å². The van der Waals surface area contributed by atoms with E-state index in [0.717, 1.165) is 28.6 Å². The maximum atomic E-state index is 6.98. The van der Waals surface area contributed by atoms with Crippen LogP contribution in [-0.4, -0.2) is 20.1 Å². The summed E-state index contributed by atoms with van der Waals surface area (Å²) < 4.78 is 6.98. The Balaban J connectivity index is 1.13. The Morgan fingerprint density at radius 3 is 1.34 bits per heavy atom. The minimum absolute atomic E-state index is 0.0161. The molecular weight excluding hydrogens is 739 g/mol. The number of hydrogen-bond donors (Lipinski definition) is 0. The Labute approximate surface area is 356 Å². The van der Waals surface area contributed by atoms with Gasteiger partial charge in [0.05, 0.1) is 0 Å². The highest BCUT2D eigenvalue weighted by atomic mass is 16.5. The van der Waals surface area contributed by atoms with Crippen LogP contribution < -0.4 is 68.6 Å². The maximum Gasteiger partial charge on any atom is 0.252 e. The average molecular weight is 773 g/mol. The summed E-state index contributed by atoms with van der Waals surface area (Å²) in [7, 11) is 0. The molecule has 61 heavy (non-hydrogen) atoms. The zero-order valence-corrected chi connectivity index (χ0v) is 33.1. The number of nitrogens with zero attached hydrogens (tertiary/aromatic N) is 3. The van der Waals surface area contributed by atoms with Gasteiger partial charge in [0.1, 0.15) is 11.5 Å².